The van der Waals surface area contributed by atoms with E-state index in [1.54, 1.807) is 0 Å². The highest BCUT2D eigenvalue weighted by Gasteiger charge is 2.78. The number of hydrogen-bond acceptors (Lipinski definition) is 1. The monoisotopic (exact) mass is 274 g/mol. The van der Waals surface area contributed by atoms with E-state index in [4.69, 9.17) is 5.11 Å². The summed E-state index contributed by atoms with van der Waals surface area (Å²) in [6, 6.07) is 0. The lowest BCUT2D eigenvalue weighted by Crippen LogP contribution is -2.54. The average Bonchev–Trinajstić information content (AvgIpc) is 2.73. The lowest BCUT2D eigenvalue weighted by atomic mass is 9.68. The van der Waals surface area contributed by atoms with Crippen molar-refractivity contribution < 1.29 is 31.4 Å². The first-order chi connectivity index (χ1) is 8.16. The highest BCUT2D eigenvalue weighted by atomic mass is 19.4. The van der Waals surface area contributed by atoms with Crippen LogP contribution in [0.4, 0.5) is 26.3 Å². The first-order valence-electron chi connectivity index (χ1n) is 5.62. The Morgan fingerprint density at radius 1 is 1.11 bits per heavy atom. The van der Waals surface area contributed by atoms with E-state index >= 15 is 0 Å². The minimum atomic E-state index is -5.36. The molecule has 0 radical (unpaired) electrons. The molecule has 0 heterocycles. The molecule has 0 aromatic heterocycles. The highest BCUT2D eigenvalue weighted by Crippen LogP contribution is 2.69. The lowest BCUT2D eigenvalue weighted by Gasteiger charge is -2.42. The summed E-state index contributed by atoms with van der Waals surface area (Å²) in [5.74, 6) is -1.45. The van der Waals surface area contributed by atoms with E-state index in [9.17, 15) is 26.3 Å². The van der Waals surface area contributed by atoms with Crippen LogP contribution in [0.5, 0.6) is 0 Å². The zero-order chi connectivity index (χ0) is 13.8. The van der Waals surface area contributed by atoms with Gasteiger partial charge in [0, 0.05) is 6.61 Å². The second-order valence-corrected chi connectivity index (χ2v) is 4.80. The van der Waals surface area contributed by atoms with Crippen LogP contribution in [0.3, 0.4) is 0 Å². The van der Waals surface area contributed by atoms with Gasteiger partial charge in [0.15, 0.2) is 5.41 Å². The molecule has 1 atom stereocenters. The van der Waals surface area contributed by atoms with Gasteiger partial charge in [-0.1, -0.05) is 5.57 Å². The summed E-state index contributed by atoms with van der Waals surface area (Å²) in [7, 11) is 0. The van der Waals surface area contributed by atoms with Gasteiger partial charge in [0.05, 0.1) is 0 Å². The van der Waals surface area contributed by atoms with Gasteiger partial charge in [-0.05, 0) is 37.2 Å². The standard InChI is InChI=1S/C11H12F6O/c12-10(13,14)9(11(15,16)17)7-2-1-6(5-7)8(9)3-4-18/h7,18H,1-5H2. The molecule has 2 aliphatic carbocycles. The molecule has 2 bridgehead atoms. The van der Waals surface area contributed by atoms with Gasteiger partial charge in [-0.15, -0.1) is 0 Å². The zero-order valence-electron chi connectivity index (χ0n) is 9.33. The molecular formula is C11H12F6O. The summed E-state index contributed by atoms with van der Waals surface area (Å²) in [5.41, 5.74) is -4.12. The summed E-state index contributed by atoms with van der Waals surface area (Å²) >= 11 is 0. The molecule has 0 spiro atoms. The van der Waals surface area contributed by atoms with Gasteiger partial charge in [-0.2, -0.15) is 26.3 Å². The van der Waals surface area contributed by atoms with E-state index < -0.39 is 42.3 Å². The molecule has 0 aromatic rings. The predicted molar refractivity (Wildman–Crippen MR) is 50.6 cm³/mol. The number of hydrogen-bond donors (Lipinski definition) is 1. The first kappa shape index (κ1) is 13.7. The molecule has 7 heteroatoms. The number of alkyl halides is 6. The highest BCUT2D eigenvalue weighted by molar-refractivity contribution is 5.38. The average molecular weight is 274 g/mol. The number of aliphatic hydroxyl groups is 1. The topological polar surface area (TPSA) is 20.2 Å². The van der Waals surface area contributed by atoms with Crippen molar-refractivity contribution >= 4 is 0 Å². The molecule has 2 aliphatic rings. The van der Waals surface area contributed by atoms with Crippen LogP contribution in [0.1, 0.15) is 25.7 Å². The second kappa shape index (κ2) is 3.88. The summed E-state index contributed by atoms with van der Waals surface area (Å²) in [6.45, 7) is -0.695. The van der Waals surface area contributed by atoms with Crippen LogP contribution in [-0.4, -0.2) is 24.1 Å². The van der Waals surface area contributed by atoms with Crippen LogP contribution >= 0.6 is 0 Å². The van der Waals surface area contributed by atoms with E-state index in [1.807, 2.05) is 0 Å². The number of rotatable bonds is 2. The molecule has 2 rings (SSSR count). The van der Waals surface area contributed by atoms with Gasteiger partial charge in [0.2, 0.25) is 0 Å². The van der Waals surface area contributed by atoms with Crippen molar-refractivity contribution in [3.63, 3.8) is 0 Å². The van der Waals surface area contributed by atoms with Crippen LogP contribution < -0.4 is 0 Å². The number of allylic oxidation sites excluding steroid dienone is 1. The summed E-state index contributed by atoms with van der Waals surface area (Å²) in [6.07, 6.45) is -11.2. The third-order valence-electron chi connectivity index (χ3n) is 4.06. The van der Waals surface area contributed by atoms with Crippen LogP contribution in [0.2, 0.25) is 0 Å². The fraction of sp³-hybridized carbons (Fsp3) is 0.818. The molecule has 104 valence electrons. The third-order valence-corrected chi connectivity index (χ3v) is 4.06. The fourth-order valence-electron chi connectivity index (χ4n) is 3.47. The molecule has 1 unspecified atom stereocenters. The van der Waals surface area contributed by atoms with Gasteiger partial charge in [0.25, 0.3) is 0 Å². The minimum absolute atomic E-state index is 0.0801. The van der Waals surface area contributed by atoms with E-state index in [-0.39, 0.29) is 24.8 Å². The van der Waals surface area contributed by atoms with Crippen molar-refractivity contribution in [2.24, 2.45) is 11.3 Å². The Kier molecular flexibility index (Phi) is 2.96. The van der Waals surface area contributed by atoms with Gasteiger partial charge >= 0.3 is 12.4 Å². The molecule has 1 N–H and O–H groups in total. The van der Waals surface area contributed by atoms with Crippen molar-refractivity contribution in [1.82, 2.24) is 0 Å². The van der Waals surface area contributed by atoms with Gasteiger partial charge in [-0.25, -0.2) is 0 Å². The van der Waals surface area contributed by atoms with Crippen molar-refractivity contribution in [3.05, 3.63) is 11.1 Å². The lowest BCUT2D eigenvalue weighted by molar-refractivity contribution is -0.340. The maximum atomic E-state index is 13.1. The van der Waals surface area contributed by atoms with Crippen molar-refractivity contribution in [3.8, 4) is 0 Å². The fourth-order valence-corrected chi connectivity index (χ4v) is 3.47. The maximum absolute atomic E-state index is 13.1. The molecule has 1 saturated carbocycles. The van der Waals surface area contributed by atoms with Gasteiger partial charge < -0.3 is 5.11 Å². The van der Waals surface area contributed by atoms with Crippen molar-refractivity contribution in [2.45, 2.75) is 38.0 Å². The molecule has 0 saturated heterocycles. The maximum Gasteiger partial charge on any atom is 0.407 e. The molecule has 1 fully saturated rings. The van der Waals surface area contributed by atoms with E-state index in [2.05, 4.69) is 0 Å². The van der Waals surface area contributed by atoms with E-state index in [1.165, 1.54) is 0 Å². The van der Waals surface area contributed by atoms with E-state index in [0.717, 1.165) is 0 Å². The SMILES string of the molecule is OCCC1=C2CCC(C2)C1(C(F)(F)F)C(F)(F)F. The largest absolute Gasteiger partial charge is 0.407 e. The predicted octanol–water partition coefficient (Wildman–Crippen LogP) is 3.59. The quantitative estimate of drug-likeness (QED) is 0.602. The number of halogens is 6. The van der Waals surface area contributed by atoms with Crippen molar-refractivity contribution in [2.75, 3.05) is 6.61 Å². The number of aliphatic hydroxyl groups excluding tert-OH is 1. The zero-order valence-corrected chi connectivity index (χ0v) is 9.33. The summed E-state index contributed by atoms with van der Waals surface area (Å²) in [4.78, 5) is 0. The Balaban J connectivity index is 2.61. The van der Waals surface area contributed by atoms with Crippen LogP contribution in [0.25, 0.3) is 0 Å². The van der Waals surface area contributed by atoms with Gasteiger partial charge in [0.1, 0.15) is 0 Å². The third kappa shape index (κ3) is 1.52. The number of fused-ring (bicyclic) bond motifs is 2. The van der Waals surface area contributed by atoms with Crippen LogP contribution in [0.15, 0.2) is 11.1 Å². The molecule has 18 heavy (non-hydrogen) atoms. The Morgan fingerprint density at radius 3 is 2.11 bits per heavy atom. The molecule has 0 amide bonds. The van der Waals surface area contributed by atoms with Gasteiger partial charge in [-0.3, -0.25) is 0 Å². The van der Waals surface area contributed by atoms with Crippen molar-refractivity contribution in [1.29, 1.82) is 0 Å². The second-order valence-electron chi connectivity index (χ2n) is 4.80. The van der Waals surface area contributed by atoms with E-state index in [0.29, 0.717) is 0 Å². The molecular weight excluding hydrogens is 262 g/mol. The Morgan fingerprint density at radius 2 is 1.67 bits per heavy atom. The molecule has 0 aliphatic heterocycles. The normalized spacial score (nSPS) is 27.2. The summed E-state index contributed by atoms with van der Waals surface area (Å²) in [5, 5.41) is 8.75. The Labute approximate surface area is 99.5 Å². The summed E-state index contributed by atoms with van der Waals surface area (Å²) < 4.78 is 78.6. The Bertz CT molecular complexity index is 364. The molecule has 0 aromatic carbocycles. The molecule has 1 nitrogen and oxygen atoms in total. The van der Waals surface area contributed by atoms with Crippen LogP contribution in [0, 0.1) is 11.3 Å². The minimum Gasteiger partial charge on any atom is -0.396 e. The van der Waals surface area contributed by atoms with Crippen LogP contribution in [-0.2, 0) is 0 Å². The first-order valence-corrected chi connectivity index (χ1v) is 5.62. The Hall–Kier alpha value is -0.720. The smallest absolute Gasteiger partial charge is 0.396 e.